The molecule has 0 saturated carbocycles. The Morgan fingerprint density at radius 2 is 1.83 bits per heavy atom. The van der Waals surface area contributed by atoms with E-state index < -0.39 is 24.1 Å². The minimum Gasteiger partial charge on any atom is -0.494 e. The summed E-state index contributed by atoms with van der Waals surface area (Å²) in [5.41, 5.74) is 7.84. The number of methoxy groups -OCH3 is 1. The first-order valence-electron chi connectivity index (χ1n) is 15.6. The molecule has 0 bridgehead atoms. The zero-order valence-corrected chi connectivity index (χ0v) is 28.8. The maximum atomic E-state index is 13.7. The number of amides is 2. The van der Waals surface area contributed by atoms with E-state index in [0.29, 0.717) is 31.6 Å². The molecule has 0 spiro atoms. The van der Waals surface area contributed by atoms with Gasteiger partial charge in [0, 0.05) is 41.4 Å². The number of carbonyl (C=O) groups excluding carboxylic acids is 2. The highest BCUT2D eigenvalue weighted by Gasteiger charge is 2.25. The molecule has 0 aliphatic carbocycles. The highest BCUT2D eigenvalue weighted by Crippen LogP contribution is 2.35. The predicted molar refractivity (Wildman–Crippen MR) is 181 cm³/mol. The standard InChI is InChI=1S/C35H46ClN5O5/c1-19(2)15-28(35(44)45-8)38-29(42)18-37-34(43)33-26(13-10-14-46-24-16-20(3)31(36)21(4)17-24)25-11-9-12-27(32(25)39-33)30-22(5)40-41(7)23(30)6/h9,11-12,16-17,19,28,35,39,44H,10,13-15,18H2,1-8H3,(H,37,43)(H,38,42)/t28-,35?/m0/s1. The van der Waals surface area contributed by atoms with Gasteiger partial charge < -0.3 is 30.2 Å². The van der Waals surface area contributed by atoms with Gasteiger partial charge in [0.05, 0.1) is 30.4 Å². The summed E-state index contributed by atoms with van der Waals surface area (Å²) in [6.45, 7) is 12.1. The number of nitrogens with one attached hydrogen (secondary N) is 3. The van der Waals surface area contributed by atoms with E-state index in [-0.39, 0.29) is 12.5 Å². The van der Waals surface area contributed by atoms with Gasteiger partial charge >= 0.3 is 0 Å². The summed E-state index contributed by atoms with van der Waals surface area (Å²) in [6.07, 6.45) is 0.581. The number of benzene rings is 2. The molecule has 2 aromatic heterocycles. The molecule has 0 saturated heterocycles. The van der Waals surface area contributed by atoms with Crippen LogP contribution in [0.25, 0.3) is 22.0 Å². The van der Waals surface area contributed by atoms with E-state index in [1.165, 1.54) is 7.11 Å². The van der Waals surface area contributed by atoms with E-state index in [0.717, 1.165) is 60.9 Å². The number of hydrogen-bond acceptors (Lipinski definition) is 6. The molecule has 248 valence electrons. The second kappa shape index (κ2) is 15.2. The Morgan fingerprint density at radius 1 is 1.13 bits per heavy atom. The summed E-state index contributed by atoms with van der Waals surface area (Å²) in [6, 6.07) is 9.27. The smallest absolute Gasteiger partial charge is 0.268 e. The maximum Gasteiger partial charge on any atom is 0.268 e. The number of aliphatic hydroxyl groups excluding tert-OH is 1. The fourth-order valence-electron chi connectivity index (χ4n) is 5.95. The Morgan fingerprint density at radius 3 is 2.43 bits per heavy atom. The van der Waals surface area contributed by atoms with Crippen LogP contribution in [0, 0.1) is 33.6 Å². The Labute approximate surface area is 275 Å². The summed E-state index contributed by atoms with van der Waals surface area (Å²) >= 11 is 6.33. The molecule has 46 heavy (non-hydrogen) atoms. The third-order valence-corrected chi connectivity index (χ3v) is 8.86. The van der Waals surface area contributed by atoms with Crippen LogP contribution in [-0.2, 0) is 23.0 Å². The molecule has 4 rings (SSSR count). The van der Waals surface area contributed by atoms with Crippen molar-refractivity contribution >= 4 is 34.3 Å². The van der Waals surface area contributed by atoms with Crippen LogP contribution in [0.15, 0.2) is 30.3 Å². The molecule has 2 aromatic carbocycles. The van der Waals surface area contributed by atoms with Crippen LogP contribution in [0.4, 0.5) is 0 Å². The average Bonchev–Trinajstić information content (AvgIpc) is 3.50. The third-order valence-electron chi connectivity index (χ3n) is 8.26. The van der Waals surface area contributed by atoms with Crippen molar-refractivity contribution in [3.63, 3.8) is 0 Å². The van der Waals surface area contributed by atoms with Crippen molar-refractivity contribution in [1.82, 2.24) is 25.4 Å². The van der Waals surface area contributed by atoms with Gasteiger partial charge in [-0.2, -0.15) is 5.10 Å². The van der Waals surface area contributed by atoms with Gasteiger partial charge in [0.25, 0.3) is 5.91 Å². The molecule has 2 heterocycles. The number of carbonyl (C=O) groups is 2. The fraction of sp³-hybridized carbons (Fsp3) is 0.457. The lowest BCUT2D eigenvalue weighted by Crippen LogP contribution is -2.48. The summed E-state index contributed by atoms with van der Waals surface area (Å²) in [5.74, 6) is 0.152. The topological polar surface area (TPSA) is 130 Å². The van der Waals surface area contributed by atoms with Crippen molar-refractivity contribution in [2.45, 2.75) is 73.1 Å². The van der Waals surface area contributed by atoms with Crippen LogP contribution in [-0.4, -0.2) is 64.3 Å². The van der Waals surface area contributed by atoms with Crippen LogP contribution >= 0.6 is 11.6 Å². The summed E-state index contributed by atoms with van der Waals surface area (Å²) in [5, 5.41) is 22.0. The highest BCUT2D eigenvalue weighted by atomic mass is 35.5. The van der Waals surface area contributed by atoms with Crippen molar-refractivity contribution in [1.29, 1.82) is 0 Å². The van der Waals surface area contributed by atoms with Crippen molar-refractivity contribution in [2.75, 3.05) is 20.3 Å². The molecule has 0 radical (unpaired) electrons. The molecular formula is C35H46ClN5O5. The number of para-hydroxylation sites is 1. The number of halogens is 1. The molecule has 2 amide bonds. The third kappa shape index (κ3) is 7.92. The van der Waals surface area contributed by atoms with E-state index in [9.17, 15) is 14.7 Å². The van der Waals surface area contributed by atoms with Gasteiger partial charge in [-0.1, -0.05) is 43.6 Å². The van der Waals surface area contributed by atoms with Gasteiger partial charge in [0.2, 0.25) is 5.91 Å². The first kappa shape index (κ1) is 35.0. The van der Waals surface area contributed by atoms with Crippen molar-refractivity contribution in [2.24, 2.45) is 13.0 Å². The average molecular weight is 652 g/mol. The number of hydrogen-bond donors (Lipinski definition) is 4. The lowest BCUT2D eigenvalue weighted by atomic mass is 9.98. The number of aliphatic hydroxyl groups is 1. The Kier molecular flexibility index (Phi) is 11.5. The van der Waals surface area contributed by atoms with Crippen molar-refractivity contribution in [3.05, 3.63) is 69.1 Å². The summed E-state index contributed by atoms with van der Waals surface area (Å²) in [4.78, 5) is 29.9. The lowest BCUT2D eigenvalue weighted by Gasteiger charge is -2.24. The highest BCUT2D eigenvalue weighted by molar-refractivity contribution is 6.32. The van der Waals surface area contributed by atoms with Crippen LogP contribution in [0.5, 0.6) is 5.75 Å². The van der Waals surface area contributed by atoms with E-state index >= 15 is 0 Å². The van der Waals surface area contributed by atoms with Crippen LogP contribution < -0.4 is 15.4 Å². The second-order valence-corrected chi connectivity index (χ2v) is 12.7. The van der Waals surface area contributed by atoms with Gasteiger partial charge in [0.1, 0.15) is 11.4 Å². The molecule has 11 heteroatoms. The molecule has 2 atom stereocenters. The Balaban J connectivity index is 1.59. The van der Waals surface area contributed by atoms with Crippen LogP contribution in [0.1, 0.15) is 65.3 Å². The quantitative estimate of drug-likeness (QED) is 0.102. The molecular weight excluding hydrogens is 606 g/mol. The molecule has 0 aliphatic rings. The number of ether oxygens (including phenoxy) is 2. The molecule has 10 nitrogen and oxygen atoms in total. The Bertz CT molecular complexity index is 1690. The number of fused-ring (bicyclic) bond motifs is 1. The van der Waals surface area contributed by atoms with Crippen molar-refractivity contribution in [3.8, 4) is 16.9 Å². The fourth-order valence-corrected chi connectivity index (χ4v) is 6.06. The van der Waals surface area contributed by atoms with E-state index in [1.807, 2.05) is 83.6 Å². The van der Waals surface area contributed by atoms with Crippen LogP contribution in [0.3, 0.4) is 0 Å². The Hall–Kier alpha value is -3.86. The number of H-pyrrole nitrogens is 1. The zero-order valence-electron chi connectivity index (χ0n) is 28.0. The van der Waals surface area contributed by atoms with Crippen molar-refractivity contribution < 1.29 is 24.2 Å². The zero-order chi connectivity index (χ0) is 33.7. The number of aryl methyl sites for hydroxylation is 5. The summed E-state index contributed by atoms with van der Waals surface area (Å²) < 4.78 is 13.0. The van der Waals surface area contributed by atoms with Gasteiger partial charge in [-0.15, -0.1) is 0 Å². The van der Waals surface area contributed by atoms with Crippen LogP contribution in [0.2, 0.25) is 5.02 Å². The van der Waals surface area contributed by atoms with Gasteiger partial charge in [0.15, 0.2) is 6.29 Å². The largest absolute Gasteiger partial charge is 0.494 e. The SMILES string of the molecule is COC(O)[C@H](CC(C)C)NC(=O)CNC(=O)c1[nH]c2c(-c3c(C)nn(C)c3C)cccc2c1CCCOc1cc(C)c(Cl)c(C)c1. The number of aromatic nitrogens is 3. The first-order chi connectivity index (χ1) is 21.8. The van der Waals surface area contributed by atoms with Gasteiger partial charge in [-0.3, -0.25) is 14.3 Å². The minimum absolute atomic E-state index is 0.219. The molecule has 1 unspecified atom stereocenters. The first-order valence-corrected chi connectivity index (χ1v) is 16.0. The number of aromatic amines is 1. The lowest BCUT2D eigenvalue weighted by molar-refractivity contribution is -0.130. The van der Waals surface area contributed by atoms with Gasteiger partial charge in [-0.25, -0.2) is 0 Å². The number of rotatable bonds is 14. The normalized spacial score (nSPS) is 12.8. The second-order valence-electron chi connectivity index (χ2n) is 12.3. The van der Waals surface area contributed by atoms with E-state index in [1.54, 1.807) is 0 Å². The van der Waals surface area contributed by atoms with E-state index in [2.05, 4.69) is 20.7 Å². The maximum absolute atomic E-state index is 13.7. The molecule has 4 N–H and O–H groups in total. The van der Waals surface area contributed by atoms with E-state index in [4.69, 9.17) is 21.1 Å². The predicted octanol–water partition coefficient (Wildman–Crippen LogP) is 5.69. The molecule has 0 aliphatic heterocycles. The monoisotopic (exact) mass is 651 g/mol. The minimum atomic E-state index is -1.15. The molecule has 0 fully saturated rings. The number of nitrogens with zero attached hydrogens (tertiary/aromatic N) is 2. The van der Waals surface area contributed by atoms with Gasteiger partial charge in [-0.05, 0) is 81.7 Å². The summed E-state index contributed by atoms with van der Waals surface area (Å²) in [7, 11) is 3.30. The molecule has 4 aromatic rings.